The fourth-order valence-electron chi connectivity index (χ4n) is 4.67. The van der Waals surface area contributed by atoms with E-state index in [0.717, 1.165) is 5.56 Å². The Labute approximate surface area is 173 Å². The van der Waals surface area contributed by atoms with Crippen molar-refractivity contribution >= 4 is 17.3 Å². The van der Waals surface area contributed by atoms with E-state index >= 15 is 0 Å². The Hall–Kier alpha value is -4.41. The predicted octanol–water partition coefficient (Wildman–Crippen LogP) is 2.96. The van der Waals surface area contributed by atoms with Crippen molar-refractivity contribution < 1.29 is 4.79 Å². The number of hydrazone groups is 1. The number of carbonyl (C=O) groups excluding carboxylic acids is 1. The minimum Gasteiger partial charge on any atom is -0.399 e. The summed E-state index contributed by atoms with van der Waals surface area (Å²) in [6.45, 7) is 1.68. The summed E-state index contributed by atoms with van der Waals surface area (Å²) in [5.41, 5.74) is 4.44. The molecule has 2 N–H and O–H groups in total. The molecule has 3 atom stereocenters. The molecule has 1 spiro atoms. The second kappa shape index (κ2) is 6.58. The minimum atomic E-state index is -1.58. The van der Waals surface area contributed by atoms with Gasteiger partial charge in [-0.05, 0) is 24.6 Å². The monoisotopic (exact) mass is 392 g/mol. The molecule has 0 saturated heterocycles. The van der Waals surface area contributed by atoms with Gasteiger partial charge in [-0.1, -0.05) is 48.5 Å². The van der Waals surface area contributed by atoms with E-state index in [-0.39, 0.29) is 11.3 Å². The second-order valence-corrected chi connectivity index (χ2v) is 7.22. The summed E-state index contributed by atoms with van der Waals surface area (Å²) in [4.78, 5) is 13.8. The van der Waals surface area contributed by atoms with Crippen LogP contribution in [0, 0.1) is 44.8 Å². The first-order chi connectivity index (χ1) is 14.5. The number of allylic oxidation sites excluding steroid dienone is 2. The van der Waals surface area contributed by atoms with E-state index in [0.29, 0.717) is 11.4 Å². The molecule has 7 nitrogen and oxygen atoms in total. The summed E-state index contributed by atoms with van der Waals surface area (Å²) in [6, 6.07) is 23.7. The number of nitriles is 3. The van der Waals surface area contributed by atoms with Crippen LogP contribution < -0.4 is 10.7 Å². The quantitative estimate of drug-likeness (QED) is 0.803. The van der Waals surface area contributed by atoms with Gasteiger partial charge in [-0.15, -0.1) is 0 Å². The molecule has 0 bridgehead atoms. The Kier molecular flexibility index (Phi) is 4.15. The Morgan fingerprint density at radius 2 is 1.60 bits per heavy atom. The average molecular weight is 392 g/mol. The number of para-hydroxylation sites is 1. The van der Waals surface area contributed by atoms with Gasteiger partial charge in [0.1, 0.15) is 28.5 Å². The first kappa shape index (κ1) is 18.9. The molecule has 1 aliphatic carbocycles. The fraction of sp³-hybridized carbons (Fsp3) is 0.174. The van der Waals surface area contributed by atoms with Gasteiger partial charge in [0, 0.05) is 5.92 Å². The van der Waals surface area contributed by atoms with Crippen LogP contribution in [0.2, 0.25) is 0 Å². The number of hydrogen-bond donors (Lipinski definition) is 1. The van der Waals surface area contributed by atoms with E-state index in [1.54, 1.807) is 55.5 Å². The Balaban J connectivity index is 1.98. The van der Waals surface area contributed by atoms with Crippen LogP contribution >= 0.6 is 0 Å². The van der Waals surface area contributed by atoms with Crippen LogP contribution in [0.15, 0.2) is 77.0 Å². The number of carbonyl (C=O) groups is 1. The maximum Gasteiger partial charge on any atom is 0.262 e. The molecule has 0 aromatic heterocycles. The lowest BCUT2D eigenvalue weighted by Gasteiger charge is -2.17. The number of amides is 1. The summed E-state index contributed by atoms with van der Waals surface area (Å²) in [5, 5.41) is 34.8. The van der Waals surface area contributed by atoms with Gasteiger partial charge in [0.15, 0.2) is 0 Å². The van der Waals surface area contributed by atoms with Crippen molar-refractivity contribution in [3.05, 3.63) is 77.5 Å². The summed E-state index contributed by atoms with van der Waals surface area (Å²) in [7, 11) is 0. The highest BCUT2D eigenvalue weighted by Crippen LogP contribution is 2.79. The first-order valence-electron chi connectivity index (χ1n) is 9.22. The molecule has 4 rings (SSSR count). The average Bonchev–Trinajstić information content (AvgIpc) is 3.35. The lowest BCUT2D eigenvalue weighted by atomic mass is 9.85. The highest BCUT2D eigenvalue weighted by Gasteiger charge is 2.87. The number of nitrogens with two attached hydrogens (primary N) is 1. The van der Waals surface area contributed by atoms with Crippen molar-refractivity contribution in [2.24, 2.45) is 21.7 Å². The van der Waals surface area contributed by atoms with Gasteiger partial charge in [0.2, 0.25) is 0 Å². The van der Waals surface area contributed by atoms with Crippen LogP contribution in [0.1, 0.15) is 18.4 Å². The van der Waals surface area contributed by atoms with Gasteiger partial charge in [-0.25, -0.2) is 0 Å². The van der Waals surface area contributed by atoms with Gasteiger partial charge in [0.25, 0.3) is 5.91 Å². The maximum absolute atomic E-state index is 13.8. The summed E-state index contributed by atoms with van der Waals surface area (Å²) in [6.07, 6.45) is 0. The molecular formula is C23H16N6O. The van der Waals surface area contributed by atoms with Crippen LogP contribution in [-0.2, 0) is 4.79 Å². The molecular weight excluding hydrogens is 376 g/mol. The third-order valence-corrected chi connectivity index (χ3v) is 5.98. The standard InChI is InChI=1S/C23H16N6O/c1-15-23(21(30)29(28-15)18-10-6-3-7-11-18)19(16-8-4-2-5-9-16)22(23,14-26)20(27)17(12-24)13-25/h2-11,19H,27H2,1H3/t19-,22+,23+/m0/s1. The molecule has 0 radical (unpaired) electrons. The zero-order valence-corrected chi connectivity index (χ0v) is 16.1. The topological polar surface area (TPSA) is 130 Å². The van der Waals surface area contributed by atoms with Crippen molar-refractivity contribution in [3.8, 4) is 18.2 Å². The molecule has 1 heterocycles. The van der Waals surface area contributed by atoms with Gasteiger partial charge in [-0.3, -0.25) is 4.79 Å². The summed E-state index contributed by atoms with van der Waals surface area (Å²) in [5.74, 6) is -1.07. The molecule has 1 fully saturated rings. The second-order valence-electron chi connectivity index (χ2n) is 7.22. The minimum absolute atomic E-state index is 0.193. The van der Waals surface area contributed by atoms with Crippen molar-refractivity contribution in [2.75, 3.05) is 5.01 Å². The Morgan fingerprint density at radius 1 is 1.03 bits per heavy atom. The maximum atomic E-state index is 13.8. The molecule has 30 heavy (non-hydrogen) atoms. The molecule has 1 saturated carbocycles. The fourth-order valence-corrected chi connectivity index (χ4v) is 4.67. The van der Waals surface area contributed by atoms with E-state index in [2.05, 4.69) is 11.2 Å². The third kappa shape index (κ3) is 2.11. The van der Waals surface area contributed by atoms with Crippen LogP contribution in [0.4, 0.5) is 5.69 Å². The molecule has 2 aromatic rings. The number of anilines is 1. The predicted molar refractivity (Wildman–Crippen MR) is 109 cm³/mol. The number of rotatable bonds is 3. The number of nitrogens with zero attached hydrogens (tertiary/aromatic N) is 5. The van der Waals surface area contributed by atoms with Crippen molar-refractivity contribution in [3.63, 3.8) is 0 Å². The van der Waals surface area contributed by atoms with Crippen molar-refractivity contribution in [2.45, 2.75) is 12.8 Å². The lowest BCUT2D eigenvalue weighted by molar-refractivity contribution is -0.121. The highest BCUT2D eigenvalue weighted by molar-refractivity contribution is 6.24. The molecule has 2 aromatic carbocycles. The normalized spacial score (nSPS) is 26.3. The zero-order valence-electron chi connectivity index (χ0n) is 16.1. The van der Waals surface area contributed by atoms with E-state index < -0.39 is 22.7 Å². The van der Waals surface area contributed by atoms with E-state index in [9.17, 15) is 20.6 Å². The van der Waals surface area contributed by atoms with Crippen LogP contribution in [-0.4, -0.2) is 11.6 Å². The number of hydrogen-bond acceptors (Lipinski definition) is 6. The van der Waals surface area contributed by atoms with E-state index in [4.69, 9.17) is 5.73 Å². The molecule has 0 unspecified atom stereocenters. The largest absolute Gasteiger partial charge is 0.399 e. The summed E-state index contributed by atoms with van der Waals surface area (Å²) >= 11 is 0. The molecule has 1 aliphatic heterocycles. The Bertz CT molecular complexity index is 1210. The molecule has 144 valence electrons. The van der Waals surface area contributed by atoms with Gasteiger partial charge in [-0.2, -0.15) is 25.9 Å². The van der Waals surface area contributed by atoms with Gasteiger partial charge < -0.3 is 5.73 Å². The SMILES string of the molecule is CC1=NN(c2ccccc2)C(=O)[C@]12[C@@H](c1ccccc1)[C@]2(C#N)C(N)=C(C#N)C#N. The van der Waals surface area contributed by atoms with Gasteiger partial charge in [0.05, 0.1) is 23.2 Å². The van der Waals surface area contributed by atoms with E-state index in [1.165, 1.54) is 5.01 Å². The highest BCUT2D eigenvalue weighted by atomic mass is 16.2. The zero-order chi connectivity index (χ0) is 21.5. The van der Waals surface area contributed by atoms with Crippen molar-refractivity contribution in [1.82, 2.24) is 0 Å². The first-order valence-corrected chi connectivity index (χ1v) is 9.22. The molecule has 1 amide bonds. The van der Waals surface area contributed by atoms with Crippen LogP contribution in [0.25, 0.3) is 0 Å². The van der Waals surface area contributed by atoms with Crippen LogP contribution in [0.5, 0.6) is 0 Å². The number of benzene rings is 2. The van der Waals surface area contributed by atoms with Crippen molar-refractivity contribution in [1.29, 1.82) is 15.8 Å². The molecule has 2 aliphatic rings. The van der Waals surface area contributed by atoms with E-state index in [1.807, 2.05) is 24.3 Å². The lowest BCUT2D eigenvalue weighted by Crippen LogP contribution is -2.35. The molecule has 7 heteroatoms. The Morgan fingerprint density at radius 3 is 2.13 bits per heavy atom. The van der Waals surface area contributed by atoms with Gasteiger partial charge >= 0.3 is 0 Å². The third-order valence-electron chi connectivity index (χ3n) is 5.98. The van der Waals surface area contributed by atoms with Crippen LogP contribution in [0.3, 0.4) is 0 Å². The summed E-state index contributed by atoms with van der Waals surface area (Å²) < 4.78 is 0. The smallest absolute Gasteiger partial charge is 0.262 e.